The van der Waals surface area contributed by atoms with Crippen LogP contribution in [0.15, 0.2) is 73.6 Å². The Morgan fingerprint density at radius 1 is 1.19 bits per heavy atom. The number of hydrogen-bond donors (Lipinski definition) is 1. The van der Waals surface area contributed by atoms with Gasteiger partial charge in [-0.2, -0.15) is 0 Å². The lowest BCUT2D eigenvalue weighted by atomic mass is 10.0. The fraction of sp³-hybridized carbons (Fsp3) is 0.292. The second kappa shape index (κ2) is 8.12. The number of pyridine rings is 1. The molecule has 0 saturated carbocycles. The number of hydrogen-bond acceptors (Lipinski definition) is 5. The van der Waals surface area contributed by atoms with Crippen LogP contribution < -0.4 is 4.90 Å². The zero-order chi connectivity index (χ0) is 22.1. The van der Waals surface area contributed by atoms with E-state index in [0.29, 0.717) is 25.1 Å². The quantitative estimate of drug-likeness (QED) is 0.508. The van der Waals surface area contributed by atoms with Gasteiger partial charge in [-0.05, 0) is 36.2 Å². The summed E-state index contributed by atoms with van der Waals surface area (Å²) < 4.78 is 3.98. The third-order valence-corrected chi connectivity index (χ3v) is 6.04. The lowest BCUT2D eigenvalue weighted by Crippen LogP contribution is -2.46. The van der Waals surface area contributed by atoms with Crippen LogP contribution in [0.3, 0.4) is 0 Å². The van der Waals surface area contributed by atoms with Crippen molar-refractivity contribution in [3.05, 3.63) is 84.7 Å². The highest BCUT2D eigenvalue weighted by Crippen LogP contribution is 2.28. The van der Waals surface area contributed by atoms with Gasteiger partial charge in [-0.1, -0.05) is 18.2 Å². The van der Waals surface area contributed by atoms with Gasteiger partial charge >= 0.3 is 0 Å². The Kier molecular flexibility index (Phi) is 5.14. The summed E-state index contributed by atoms with van der Waals surface area (Å²) in [6, 6.07) is 13.6. The van der Waals surface area contributed by atoms with Gasteiger partial charge in [0.25, 0.3) is 5.91 Å². The van der Waals surface area contributed by atoms with Crippen LogP contribution in [0.2, 0.25) is 0 Å². The van der Waals surface area contributed by atoms with Gasteiger partial charge in [-0.25, -0.2) is 9.97 Å². The van der Waals surface area contributed by atoms with Crippen LogP contribution in [0, 0.1) is 0 Å². The molecule has 0 spiro atoms. The standard InChI is InChI=1S/C24H26N6O2/c1-27(23(31)20-5-2-4-19(14-20)15-28-12-9-25-18-28)16-24(32)8-11-29(17-24)22-7-3-6-21-26-10-13-30(21)22/h2-7,9-10,12-14,18,32H,8,11,15-17H2,1H3. The lowest BCUT2D eigenvalue weighted by Gasteiger charge is -2.29. The molecular formula is C24H26N6O2. The van der Waals surface area contributed by atoms with E-state index in [-0.39, 0.29) is 12.5 Å². The zero-order valence-corrected chi connectivity index (χ0v) is 18.0. The number of rotatable bonds is 6. The highest BCUT2D eigenvalue weighted by molar-refractivity contribution is 5.94. The molecule has 4 heterocycles. The Balaban J connectivity index is 1.27. The molecule has 1 N–H and O–H groups in total. The average Bonchev–Trinajstić information content (AvgIpc) is 3.54. The topological polar surface area (TPSA) is 78.9 Å². The smallest absolute Gasteiger partial charge is 0.253 e. The van der Waals surface area contributed by atoms with Crippen molar-refractivity contribution >= 4 is 17.4 Å². The number of imidazole rings is 2. The summed E-state index contributed by atoms with van der Waals surface area (Å²) in [5, 5.41) is 11.3. The molecular weight excluding hydrogens is 404 g/mol. The van der Waals surface area contributed by atoms with E-state index in [1.807, 2.05) is 63.8 Å². The number of aromatic nitrogens is 4. The maximum absolute atomic E-state index is 13.1. The van der Waals surface area contributed by atoms with Gasteiger partial charge in [-0.3, -0.25) is 9.20 Å². The van der Waals surface area contributed by atoms with E-state index in [0.717, 1.165) is 23.6 Å². The summed E-state index contributed by atoms with van der Waals surface area (Å²) in [5.41, 5.74) is 1.55. The van der Waals surface area contributed by atoms with Gasteiger partial charge in [-0.15, -0.1) is 0 Å². The van der Waals surface area contributed by atoms with Crippen molar-refractivity contribution in [3.8, 4) is 0 Å². The number of carbonyl (C=O) groups excluding carboxylic acids is 1. The first-order valence-electron chi connectivity index (χ1n) is 10.7. The van der Waals surface area contributed by atoms with Gasteiger partial charge in [0.05, 0.1) is 12.9 Å². The maximum atomic E-state index is 13.1. The van der Waals surface area contributed by atoms with Crippen LogP contribution in [-0.4, -0.2) is 67.1 Å². The van der Waals surface area contributed by atoms with Gasteiger partial charge in [0.1, 0.15) is 17.1 Å². The number of nitrogens with zero attached hydrogens (tertiary/aromatic N) is 6. The Bertz CT molecular complexity index is 1230. The molecule has 0 bridgehead atoms. The molecule has 0 radical (unpaired) electrons. The molecule has 0 aliphatic carbocycles. The highest BCUT2D eigenvalue weighted by Gasteiger charge is 2.38. The number of carbonyl (C=O) groups is 1. The molecule has 1 unspecified atom stereocenters. The maximum Gasteiger partial charge on any atom is 0.253 e. The largest absolute Gasteiger partial charge is 0.386 e. The Morgan fingerprint density at radius 3 is 2.91 bits per heavy atom. The summed E-state index contributed by atoms with van der Waals surface area (Å²) in [4.78, 5) is 25.3. The molecule has 164 valence electrons. The van der Waals surface area contributed by atoms with Crippen molar-refractivity contribution in [1.29, 1.82) is 0 Å². The SMILES string of the molecule is CN(CC1(O)CCN(c2cccc3nccn23)C1)C(=O)c1cccc(Cn2ccnc2)c1. The number of β-amino-alcohol motifs (C(OH)–C–C–N with tert-alkyl or cyclic N) is 1. The second-order valence-corrected chi connectivity index (χ2v) is 8.53. The van der Waals surface area contributed by atoms with Crippen LogP contribution in [0.5, 0.6) is 0 Å². The fourth-order valence-electron chi connectivity index (χ4n) is 4.50. The summed E-state index contributed by atoms with van der Waals surface area (Å²) in [5.74, 6) is 0.901. The first-order valence-corrected chi connectivity index (χ1v) is 10.7. The van der Waals surface area contributed by atoms with Crippen molar-refractivity contribution in [2.75, 3.05) is 31.6 Å². The molecule has 1 saturated heterocycles. The first-order chi connectivity index (χ1) is 15.5. The molecule has 3 aromatic heterocycles. The Morgan fingerprint density at radius 2 is 2.06 bits per heavy atom. The average molecular weight is 431 g/mol. The van der Waals surface area contributed by atoms with Crippen LogP contribution in [0.25, 0.3) is 5.65 Å². The molecule has 8 nitrogen and oxygen atoms in total. The number of anilines is 1. The van der Waals surface area contributed by atoms with Gasteiger partial charge in [0, 0.05) is 57.0 Å². The molecule has 1 amide bonds. The van der Waals surface area contributed by atoms with Crippen LogP contribution >= 0.6 is 0 Å². The molecule has 32 heavy (non-hydrogen) atoms. The van der Waals surface area contributed by atoms with E-state index in [9.17, 15) is 9.90 Å². The second-order valence-electron chi connectivity index (χ2n) is 8.53. The molecule has 8 heteroatoms. The van der Waals surface area contributed by atoms with Crippen molar-refractivity contribution in [2.45, 2.75) is 18.6 Å². The summed E-state index contributed by atoms with van der Waals surface area (Å²) in [6.07, 6.45) is 9.68. The number of benzene rings is 1. The van der Waals surface area contributed by atoms with E-state index in [1.54, 1.807) is 30.7 Å². The van der Waals surface area contributed by atoms with Gasteiger partial charge < -0.3 is 19.5 Å². The molecule has 1 aromatic carbocycles. The van der Waals surface area contributed by atoms with E-state index < -0.39 is 5.60 Å². The molecule has 1 atom stereocenters. The molecule has 5 rings (SSSR count). The molecule has 1 aliphatic heterocycles. The fourth-order valence-corrected chi connectivity index (χ4v) is 4.50. The summed E-state index contributed by atoms with van der Waals surface area (Å²) in [7, 11) is 1.75. The first kappa shape index (κ1) is 20.3. The normalized spacial score (nSPS) is 18.4. The van der Waals surface area contributed by atoms with Crippen molar-refractivity contribution in [3.63, 3.8) is 0 Å². The molecule has 4 aromatic rings. The Labute approximate surface area is 186 Å². The van der Waals surface area contributed by atoms with Crippen LogP contribution in [-0.2, 0) is 6.54 Å². The highest BCUT2D eigenvalue weighted by atomic mass is 16.3. The summed E-state index contributed by atoms with van der Waals surface area (Å²) >= 11 is 0. The molecule has 1 aliphatic rings. The van der Waals surface area contributed by atoms with Crippen LogP contribution in [0.1, 0.15) is 22.3 Å². The lowest BCUT2D eigenvalue weighted by molar-refractivity contribution is 0.0264. The minimum absolute atomic E-state index is 0.0962. The third kappa shape index (κ3) is 3.97. The Hall–Kier alpha value is -3.65. The monoisotopic (exact) mass is 430 g/mol. The van der Waals surface area contributed by atoms with E-state index in [1.165, 1.54) is 0 Å². The van der Waals surface area contributed by atoms with Crippen molar-refractivity contribution in [2.24, 2.45) is 0 Å². The number of amides is 1. The predicted octanol–water partition coefficient (Wildman–Crippen LogP) is 2.29. The minimum Gasteiger partial charge on any atom is -0.386 e. The predicted molar refractivity (Wildman–Crippen MR) is 122 cm³/mol. The van der Waals surface area contributed by atoms with Gasteiger partial charge in [0.15, 0.2) is 0 Å². The van der Waals surface area contributed by atoms with E-state index in [4.69, 9.17) is 0 Å². The van der Waals surface area contributed by atoms with Crippen molar-refractivity contribution < 1.29 is 9.90 Å². The zero-order valence-electron chi connectivity index (χ0n) is 18.0. The number of fused-ring (bicyclic) bond motifs is 1. The molecule has 1 fully saturated rings. The number of aliphatic hydroxyl groups is 1. The van der Waals surface area contributed by atoms with Crippen LogP contribution in [0.4, 0.5) is 5.82 Å². The van der Waals surface area contributed by atoms with Crippen molar-refractivity contribution in [1.82, 2.24) is 23.8 Å². The van der Waals surface area contributed by atoms with E-state index in [2.05, 4.69) is 14.9 Å². The third-order valence-electron chi connectivity index (χ3n) is 6.04. The summed E-state index contributed by atoms with van der Waals surface area (Å²) in [6.45, 7) is 2.11. The minimum atomic E-state index is -0.971. The van der Waals surface area contributed by atoms with Gasteiger partial charge in [0.2, 0.25) is 0 Å². The number of likely N-dealkylation sites (N-methyl/N-ethyl adjacent to an activating group) is 1. The van der Waals surface area contributed by atoms with E-state index >= 15 is 0 Å².